The Hall–Kier alpha value is -1.81. The van der Waals surface area contributed by atoms with E-state index in [9.17, 15) is 5.11 Å². The maximum absolute atomic E-state index is 9.90. The van der Waals surface area contributed by atoms with Gasteiger partial charge in [-0.2, -0.15) is 0 Å². The SMILES string of the molecule is CCCCCCCCCCCCC[C@]1(C)O[C@@H]2[C@H](O1)[C@@H](CO)O[C@H]2n1cnc2c(N)ncnc21. The first-order chi connectivity index (χ1) is 16.6. The summed E-state index contributed by atoms with van der Waals surface area (Å²) >= 11 is 0. The Morgan fingerprint density at radius 2 is 1.59 bits per heavy atom. The second-order valence-corrected chi connectivity index (χ2v) is 9.91. The average Bonchev–Trinajstić information content (AvgIpc) is 3.49. The Kier molecular flexibility index (Phi) is 8.74. The van der Waals surface area contributed by atoms with Crippen LogP contribution in [0.3, 0.4) is 0 Å². The molecule has 2 fully saturated rings. The summed E-state index contributed by atoms with van der Waals surface area (Å²) in [6.45, 7) is 4.12. The highest BCUT2D eigenvalue weighted by molar-refractivity contribution is 5.81. The number of fused-ring (bicyclic) bond motifs is 2. The summed E-state index contributed by atoms with van der Waals surface area (Å²) in [7, 11) is 0. The summed E-state index contributed by atoms with van der Waals surface area (Å²) in [6, 6.07) is 0. The van der Waals surface area contributed by atoms with Gasteiger partial charge in [-0.1, -0.05) is 71.1 Å². The van der Waals surface area contributed by atoms with Crippen LogP contribution in [-0.2, 0) is 14.2 Å². The van der Waals surface area contributed by atoms with Gasteiger partial charge in [-0.25, -0.2) is 15.0 Å². The molecule has 0 saturated carbocycles. The number of rotatable bonds is 14. The highest BCUT2D eigenvalue weighted by atomic mass is 16.8. The molecule has 3 N–H and O–H groups in total. The fraction of sp³-hybridized carbons (Fsp3) is 0.800. The molecule has 4 heterocycles. The summed E-state index contributed by atoms with van der Waals surface area (Å²) < 4.78 is 20.7. The van der Waals surface area contributed by atoms with E-state index in [-0.39, 0.29) is 18.8 Å². The number of nitrogen functional groups attached to an aromatic ring is 1. The van der Waals surface area contributed by atoms with Crippen molar-refractivity contribution in [3.8, 4) is 0 Å². The van der Waals surface area contributed by atoms with Gasteiger partial charge in [0.25, 0.3) is 0 Å². The van der Waals surface area contributed by atoms with Crippen molar-refractivity contribution in [2.45, 2.75) is 121 Å². The van der Waals surface area contributed by atoms with Crippen LogP contribution >= 0.6 is 0 Å². The quantitative estimate of drug-likeness (QED) is 0.384. The Morgan fingerprint density at radius 3 is 2.26 bits per heavy atom. The van der Waals surface area contributed by atoms with Crippen LogP contribution in [0.2, 0.25) is 0 Å². The van der Waals surface area contributed by atoms with E-state index in [2.05, 4.69) is 21.9 Å². The zero-order valence-electron chi connectivity index (χ0n) is 20.7. The number of aliphatic hydroxyl groups is 1. The van der Waals surface area contributed by atoms with Gasteiger partial charge in [0.05, 0.1) is 12.9 Å². The van der Waals surface area contributed by atoms with E-state index in [4.69, 9.17) is 19.9 Å². The molecule has 2 aliphatic rings. The van der Waals surface area contributed by atoms with Crippen LogP contribution in [0.15, 0.2) is 12.7 Å². The van der Waals surface area contributed by atoms with E-state index in [0.717, 1.165) is 12.8 Å². The van der Waals surface area contributed by atoms with E-state index in [1.54, 1.807) is 10.9 Å². The lowest BCUT2D eigenvalue weighted by Gasteiger charge is -2.27. The zero-order valence-corrected chi connectivity index (χ0v) is 20.7. The maximum atomic E-state index is 9.90. The second kappa shape index (κ2) is 11.7. The summed E-state index contributed by atoms with van der Waals surface area (Å²) in [5.74, 6) is -0.365. The molecule has 190 valence electrons. The molecule has 9 heteroatoms. The number of imidazole rings is 1. The lowest BCUT2D eigenvalue weighted by Crippen LogP contribution is -2.33. The van der Waals surface area contributed by atoms with Crippen molar-refractivity contribution in [3.63, 3.8) is 0 Å². The number of anilines is 1. The number of hydrogen-bond donors (Lipinski definition) is 2. The third kappa shape index (κ3) is 5.70. The molecule has 0 unspecified atom stereocenters. The number of hydrogen-bond acceptors (Lipinski definition) is 8. The maximum Gasteiger partial charge on any atom is 0.167 e. The monoisotopic (exact) mass is 475 g/mol. The van der Waals surface area contributed by atoms with Crippen molar-refractivity contribution >= 4 is 17.0 Å². The van der Waals surface area contributed by atoms with Gasteiger partial charge in [-0.05, 0) is 13.3 Å². The summed E-state index contributed by atoms with van der Waals surface area (Å²) in [4.78, 5) is 12.7. The van der Waals surface area contributed by atoms with E-state index in [0.29, 0.717) is 17.0 Å². The van der Waals surface area contributed by atoms with Gasteiger partial charge >= 0.3 is 0 Å². The fourth-order valence-corrected chi connectivity index (χ4v) is 5.23. The van der Waals surface area contributed by atoms with Gasteiger partial charge in [0.2, 0.25) is 0 Å². The van der Waals surface area contributed by atoms with Gasteiger partial charge in [-0.3, -0.25) is 4.57 Å². The fourth-order valence-electron chi connectivity index (χ4n) is 5.23. The molecule has 2 aliphatic heterocycles. The minimum atomic E-state index is -0.686. The van der Waals surface area contributed by atoms with Crippen molar-refractivity contribution in [2.75, 3.05) is 12.3 Å². The normalized spacial score (nSPS) is 28.7. The predicted molar refractivity (Wildman–Crippen MR) is 130 cm³/mol. The van der Waals surface area contributed by atoms with E-state index in [1.165, 1.54) is 70.5 Å². The van der Waals surface area contributed by atoms with Crippen LogP contribution in [0, 0.1) is 0 Å². The Balaban J connectivity index is 1.25. The van der Waals surface area contributed by atoms with E-state index < -0.39 is 18.1 Å². The van der Waals surface area contributed by atoms with Crippen LogP contribution < -0.4 is 5.73 Å². The third-order valence-corrected chi connectivity index (χ3v) is 7.13. The first kappa shape index (κ1) is 25.3. The van der Waals surface area contributed by atoms with Crippen molar-refractivity contribution < 1.29 is 19.3 Å². The van der Waals surface area contributed by atoms with Crippen LogP contribution in [0.25, 0.3) is 11.2 Å². The molecular formula is C25H41N5O4. The van der Waals surface area contributed by atoms with Crippen molar-refractivity contribution in [1.29, 1.82) is 0 Å². The van der Waals surface area contributed by atoms with Crippen molar-refractivity contribution in [3.05, 3.63) is 12.7 Å². The van der Waals surface area contributed by atoms with E-state index in [1.807, 2.05) is 6.92 Å². The molecule has 0 radical (unpaired) electrons. The topological polar surface area (TPSA) is 118 Å². The smallest absolute Gasteiger partial charge is 0.167 e. The molecule has 2 aromatic heterocycles. The molecule has 2 aromatic rings. The number of nitrogens with zero attached hydrogens (tertiary/aromatic N) is 4. The summed E-state index contributed by atoms with van der Waals surface area (Å²) in [6.07, 6.45) is 16.5. The van der Waals surface area contributed by atoms with Crippen LogP contribution in [0.1, 0.15) is 97.1 Å². The number of aliphatic hydroxyl groups excluding tert-OH is 1. The molecule has 0 bridgehead atoms. The average molecular weight is 476 g/mol. The summed E-state index contributed by atoms with van der Waals surface area (Å²) in [5.41, 5.74) is 7.05. The van der Waals surface area contributed by atoms with Crippen molar-refractivity contribution in [2.24, 2.45) is 0 Å². The van der Waals surface area contributed by atoms with Crippen LogP contribution in [0.4, 0.5) is 5.82 Å². The third-order valence-electron chi connectivity index (χ3n) is 7.13. The van der Waals surface area contributed by atoms with E-state index >= 15 is 0 Å². The van der Waals surface area contributed by atoms with Gasteiger partial charge in [-0.15, -0.1) is 0 Å². The number of unbranched alkanes of at least 4 members (excludes halogenated alkanes) is 10. The largest absolute Gasteiger partial charge is 0.394 e. The molecule has 5 atom stereocenters. The van der Waals surface area contributed by atoms with Crippen LogP contribution in [0.5, 0.6) is 0 Å². The molecule has 2 saturated heterocycles. The van der Waals surface area contributed by atoms with Gasteiger partial charge in [0.15, 0.2) is 23.5 Å². The molecule has 9 nitrogen and oxygen atoms in total. The zero-order chi connectivity index (χ0) is 24.0. The highest BCUT2D eigenvalue weighted by Gasteiger charge is 2.57. The number of nitrogens with two attached hydrogens (primary N) is 1. The van der Waals surface area contributed by atoms with Crippen LogP contribution in [-0.4, -0.2) is 55.3 Å². The Morgan fingerprint density at radius 1 is 0.941 bits per heavy atom. The second-order valence-electron chi connectivity index (χ2n) is 9.91. The minimum absolute atomic E-state index is 0.140. The van der Waals surface area contributed by atoms with Gasteiger partial charge < -0.3 is 25.1 Å². The standard InChI is InChI=1S/C25H41N5O4/c1-3-4-5-6-7-8-9-10-11-12-13-14-25(2)33-20-18(15-31)32-24(21(20)34-25)30-17-29-19-22(26)27-16-28-23(19)30/h16-18,20-21,24,31H,3-15H2,1-2H3,(H2,26,27,28)/t18-,20-,21-,24-,25+/m1/s1. The Bertz CT molecular complexity index is 909. The molecular weight excluding hydrogens is 434 g/mol. The van der Waals surface area contributed by atoms with Gasteiger partial charge in [0.1, 0.15) is 30.2 Å². The minimum Gasteiger partial charge on any atom is -0.394 e. The highest BCUT2D eigenvalue weighted by Crippen LogP contribution is 2.45. The first-order valence-electron chi connectivity index (χ1n) is 13.1. The molecule has 34 heavy (non-hydrogen) atoms. The lowest BCUT2D eigenvalue weighted by atomic mass is 10.0. The molecule has 0 spiro atoms. The molecule has 0 aromatic carbocycles. The Labute approximate surface area is 202 Å². The molecule has 0 amide bonds. The summed E-state index contributed by atoms with van der Waals surface area (Å²) in [5, 5.41) is 9.90. The predicted octanol–water partition coefficient (Wildman–Crippen LogP) is 4.50. The number of ether oxygens (including phenoxy) is 3. The molecule has 4 rings (SSSR count). The van der Waals surface area contributed by atoms with Gasteiger partial charge in [0, 0.05) is 6.42 Å². The first-order valence-corrected chi connectivity index (χ1v) is 13.1. The molecule has 0 aliphatic carbocycles. The lowest BCUT2D eigenvalue weighted by molar-refractivity contribution is -0.213. The number of aromatic nitrogens is 4. The van der Waals surface area contributed by atoms with Crippen molar-refractivity contribution in [1.82, 2.24) is 19.5 Å².